The number of aromatic nitrogens is 1. The Kier molecular flexibility index (Phi) is 5.58. The molecule has 0 aliphatic carbocycles. The Morgan fingerprint density at radius 3 is 2.87 bits per heavy atom. The molecule has 1 heterocycles. The van der Waals surface area contributed by atoms with E-state index in [1.165, 1.54) is 6.42 Å². The molecule has 1 aromatic heterocycles. The zero-order valence-corrected chi connectivity index (χ0v) is 11.2. The van der Waals surface area contributed by atoms with Crippen molar-refractivity contribution in [2.75, 3.05) is 13.6 Å². The van der Waals surface area contributed by atoms with E-state index in [2.05, 4.69) is 30.8 Å². The molecule has 4 heteroatoms. The minimum absolute atomic E-state index is 0.519. The molecule has 1 atom stereocenters. The van der Waals surface area contributed by atoms with Crippen LogP contribution in [0.15, 0.2) is 5.38 Å². The molecular formula is C11H19ClN2S. The molecule has 0 N–H and O–H groups in total. The number of hydrogen-bond acceptors (Lipinski definition) is 3. The van der Waals surface area contributed by atoms with Gasteiger partial charge in [-0.2, -0.15) is 0 Å². The van der Waals surface area contributed by atoms with Crippen molar-refractivity contribution in [1.29, 1.82) is 0 Å². The topological polar surface area (TPSA) is 16.1 Å². The summed E-state index contributed by atoms with van der Waals surface area (Å²) in [6.07, 6.45) is 1.23. The lowest BCUT2D eigenvalue weighted by molar-refractivity contribution is 0.275. The van der Waals surface area contributed by atoms with E-state index in [0.29, 0.717) is 5.88 Å². The fraction of sp³-hybridized carbons (Fsp3) is 0.727. The predicted octanol–water partition coefficient (Wildman–Crippen LogP) is 3.36. The van der Waals surface area contributed by atoms with Gasteiger partial charge in [-0.1, -0.05) is 20.3 Å². The van der Waals surface area contributed by atoms with Crippen LogP contribution in [-0.4, -0.2) is 23.5 Å². The van der Waals surface area contributed by atoms with Gasteiger partial charge in [-0.15, -0.1) is 22.9 Å². The van der Waals surface area contributed by atoms with Crippen LogP contribution in [0.3, 0.4) is 0 Å². The first-order valence-corrected chi connectivity index (χ1v) is 6.74. The average molecular weight is 247 g/mol. The second-order valence-corrected chi connectivity index (χ2v) is 5.29. The van der Waals surface area contributed by atoms with Crippen LogP contribution in [0.25, 0.3) is 0 Å². The van der Waals surface area contributed by atoms with E-state index in [-0.39, 0.29) is 0 Å². The molecule has 0 aliphatic rings. The van der Waals surface area contributed by atoms with Crippen LogP contribution in [0.1, 0.15) is 31.0 Å². The molecule has 0 radical (unpaired) electrons. The zero-order valence-electron chi connectivity index (χ0n) is 9.66. The van der Waals surface area contributed by atoms with E-state index in [1.807, 2.05) is 5.38 Å². The van der Waals surface area contributed by atoms with E-state index >= 15 is 0 Å². The molecule has 1 aromatic rings. The molecule has 0 saturated heterocycles. The van der Waals surface area contributed by atoms with Crippen LogP contribution >= 0.6 is 22.9 Å². The van der Waals surface area contributed by atoms with Crippen molar-refractivity contribution in [2.45, 2.75) is 32.7 Å². The Balaban J connectivity index is 2.40. The third-order valence-electron chi connectivity index (χ3n) is 2.46. The number of alkyl halides is 1. The Morgan fingerprint density at radius 1 is 1.60 bits per heavy atom. The van der Waals surface area contributed by atoms with Crippen molar-refractivity contribution >= 4 is 22.9 Å². The Morgan fingerprint density at radius 2 is 2.33 bits per heavy atom. The predicted molar refractivity (Wildman–Crippen MR) is 67.5 cm³/mol. The first kappa shape index (κ1) is 12.9. The van der Waals surface area contributed by atoms with Crippen molar-refractivity contribution in [3.05, 3.63) is 16.1 Å². The minimum atomic E-state index is 0.519. The number of hydrogen-bond donors (Lipinski definition) is 0. The van der Waals surface area contributed by atoms with Gasteiger partial charge in [0.15, 0.2) is 0 Å². The average Bonchev–Trinajstić information content (AvgIpc) is 2.65. The molecular weight excluding hydrogens is 228 g/mol. The minimum Gasteiger partial charge on any atom is -0.299 e. The van der Waals surface area contributed by atoms with Gasteiger partial charge >= 0.3 is 0 Å². The SMILES string of the molecule is CCC(C)CN(C)Cc1nc(CCl)cs1. The molecule has 0 aliphatic heterocycles. The normalized spacial score (nSPS) is 13.4. The van der Waals surface area contributed by atoms with E-state index < -0.39 is 0 Å². The summed E-state index contributed by atoms with van der Waals surface area (Å²) < 4.78 is 0. The molecule has 0 saturated carbocycles. The van der Waals surface area contributed by atoms with Crippen LogP contribution < -0.4 is 0 Å². The maximum atomic E-state index is 5.71. The largest absolute Gasteiger partial charge is 0.299 e. The van der Waals surface area contributed by atoms with Crippen LogP contribution in [0.5, 0.6) is 0 Å². The highest BCUT2D eigenvalue weighted by Gasteiger charge is 2.07. The molecule has 1 unspecified atom stereocenters. The van der Waals surface area contributed by atoms with E-state index in [4.69, 9.17) is 11.6 Å². The lowest BCUT2D eigenvalue weighted by Crippen LogP contribution is -2.23. The van der Waals surface area contributed by atoms with Crippen LogP contribution in [0, 0.1) is 5.92 Å². The highest BCUT2D eigenvalue weighted by molar-refractivity contribution is 7.09. The van der Waals surface area contributed by atoms with Crippen LogP contribution in [-0.2, 0) is 12.4 Å². The van der Waals surface area contributed by atoms with Gasteiger partial charge in [0.05, 0.1) is 18.1 Å². The van der Waals surface area contributed by atoms with Crippen molar-refractivity contribution in [2.24, 2.45) is 5.92 Å². The van der Waals surface area contributed by atoms with Crippen LogP contribution in [0.4, 0.5) is 0 Å². The molecule has 0 amide bonds. The number of rotatable bonds is 6. The summed E-state index contributed by atoms with van der Waals surface area (Å²) in [5.41, 5.74) is 0.994. The number of nitrogens with zero attached hydrogens (tertiary/aromatic N) is 2. The van der Waals surface area contributed by atoms with Gasteiger partial charge in [0.25, 0.3) is 0 Å². The fourth-order valence-corrected chi connectivity index (χ4v) is 2.54. The maximum Gasteiger partial charge on any atom is 0.107 e. The van der Waals surface area contributed by atoms with Gasteiger partial charge in [-0.05, 0) is 13.0 Å². The monoisotopic (exact) mass is 246 g/mol. The van der Waals surface area contributed by atoms with E-state index in [1.54, 1.807) is 11.3 Å². The number of thiazole rings is 1. The quantitative estimate of drug-likeness (QED) is 0.716. The zero-order chi connectivity index (χ0) is 11.3. The summed E-state index contributed by atoms with van der Waals surface area (Å²) in [6.45, 7) is 6.58. The van der Waals surface area contributed by atoms with Gasteiger partial charge in [-0.25, -0.2) is 4.98 Å². The highest BCUT2D eigenvalue weighted by atomic mass is 35.5. The molecule has 2 nitrogen and oxygen atoms in total. The van der Waals surface area contributed by atoms with Crippen LogP contribution in [0.2, 0.25) is 0 Å². The van der Waals surface area contributed by atoms with Gasteiger partial charge in [-0.3, -0.25) is 4.90 Å². The summed E-state index contributed by atoms with van der Waals surface area (Å²) in [7, 11) is 2.15. The molecule has 1 rings (SSSR count). The second kappa shape index (κ2) is 6.46. The van der Waals surface area contributed by atoms with Crippen molar-refractivity contribution in [3.8, 4) is 0 Å². The Hall–Kier alpha value is -0.120. The third kappa shape index (κ3) is 4.49. The smallest absolute Gasteiger partial charge is 0.107 e. The maximum absolute atomic E-state index is 5.71. The standard InChI is InChI=1S/C11H19ClN2S/c1-4-9(2)6-14(3)7-11-13-10(5-12)8-15-11/h8-9H,4-7H2,1-3H3. The van der Waals surface area contributed by atoms with Crippen molar-refractivity contribution < 1.29 is 0 Å². The van der Waals surface area contributed by atoms with E-state index in [0.717, 1.165) is 29.7 Å². The summed E-state index contributed by atoms with van der Waals surface area (Å²) in [6, 6.07) is 0. The van der Waals surface area contributed by atoms with Gasteiger partial charge in [0.2, 0.25) is 0 Å². The molecule has 0 fully saturated rings. The molecule has 15 heavy (non-hydrogen) atoms. The molecule has 0 aromatic carbocycles. The number of halogens is 1. The first-order chi connectivity index (χ1) is 7.15. The van der Waals surface area contributed by atoms with Gasteiger partial charge in [0, 0.05) is 11.9 Å². The van der Waals surface area contributed by atoms with Gasteiger partial charge in [0.1, 0.15) is 5.01 Å². The first-order valence-electron chi connectivity index (χ1n) is 5.33. The summed E-state index contributed by atoms with van der Waals surface area (Å²) >= 11 is 7.41. The summed E-state index contributed by atoms with van der Waals surface area (Å²) in [5.74, 6) is 1.27. The van der Waals surface area contributed by atoms with E-state index in [9.17, 15) is 0 Å². The summed E-state index contributed by atoms with van der Waals surface area (Å²) in [5, 5.41) is 3.20. The highest BCUT2D eigenvalue weighted by Crippen LogP contribution is 2.14. The lowest BCUT2D eigenvalue weighted by Gasteiger charge is -2.18. The molecule has 0 spiro atoms. The Bertz CT molecular complexity index is 288. The fourth-order valence-electron chi connectivity index (χ4n) is 1.44. The van der Waals surface area contributed by atoms with Crippen molar-refractivity contribution in [3.63, 3.8) is 0 Å². The van der Waals surface area contributed by atoms with Gasteiger partial charge < -0.3 is 0 Å². The molecule has 86 valence electrons. The third-order valence-corrected chi connectivity index (χ3v) is 3.62. The lowest BCUT2D eigenvalue weighted by atomic mass is 10.1. The Labute approximate surface area is 101 Å². The summed E-state index contributed by atoms with van der Waals surface area (Å²) in [4.78, 5) is 6.77. The molecule has 0 bridgehead atoms. The van der Waals surface area contributed by atoms with Crippen molar-refractivity contribution in [1.82, 2.24) is 9.88 Å². The second-order valence-electron chi connectivity index (χ2n) is 4.08.